The molecule has 8 N–H and O–H groups in total. The van der Waals surface area contributed by atoms with Gasteiger partial charge in [0.05, 0.1) is 101 Å². The van der Waals surface area contributed by atoms with Crippen LogP contribution in [0.1, 0.15) is 104 Å². The molecule has 0 aliphatic carbocycles. The molecule has 0 radical (unpaired) electrons. The number of anilines is 8. The van der Waals surface area contributed by atoms with Crippen LogP contribution in [0.5, 0.6) is 0 Å². The largest absolute Gasteiger partial charge is 0.378 e. The third-order valence-corrected chi connectivity index (χ3v) is 26.5. The summed E-state index contributed by atoms with van der Waals surface area (Å²) in [5.41, 5.74) is 18.6. The molecule has 36 heteroatoms. The van der Waals surface area contributed by atoms with Gasteiger partial charge in [0.25, 0.3) is 29.6 Å². The van der Waals surface area contributed by atoms with Crippen LogP contribution in [0.2, 0.25) is 0 Å². The quantitative estimate of drug-likeness (QED) is 0.0331. The number of benzene rings is 5. The lowest BCUT2D eigenvalue weighted by atomic mass is 10.0. The van der Waals surface area contributed by atoms with Gasteiger partial charge in [-0.05, 0) is 213 Å². The van der Waals surface area contributed by atoms with Crippen molar-refractivity contribution in [3.05, 3.63) is 266 Å². The topological polar surface area (TPSA) is 387 Å². The lowest BCUT2D eigenvalue weighted by Gasteiger charge is -2.34. The molecular formula is C102H104F2N26O7S. The minimum atomic E-state index is -3.41. The molecule has 5 aromatic carbocycles. The number of morpholine rings is 1. The van der Waals surface area contributed by atoms with Gasteiger partial charge in [-0.2, -0.15) is 20.4 Å². The van der Waals surface area contributed by atoms with Gasteiger partial charge in [-0.3, -0.25) is 69.3 Å². The minimum Gasteiger partial charge on any atom is -0.378 e. The van der Waals surface area contributed by atoms with Crippen LogP contribution < -0.4 is 40.9 Å². The molecule has 16 aromatic rings. The number of fused-ring (bicyclic) bond motifs is 4. The number of rotatable bonds is 21. The zero-order chi connectivity index (χ0) is 94.6. The maximum atomic E-state index is 13.5. The van der Waals surface area contributed by atoms with Crippen LogP contribution in [0.4, 0.5) is 54.5 Å². The molecule has 0 atom stereocenters. The van der Waals surface area contributed by atoms with Gasteiger partial charge in [0.1, 0.15) is 11.6 Å². The molecule has 33 nitrogen and oxygen atoms in total. The summed E-state index contributed by atoms with van der Waals surface area (Å²) in [7, 11) is -1.26. The Hall–Kier alpha value is -15.2. The van der Waals surface area contributed by atoms with Crippen molar-refractivity contribution in [2.75, 3.05) is 159 Å². The fraction of sp³-hybridized carbons (Fsp3) is 0.284. The number of likely N-dealkylation sites (N-methyl/N-ethyl adjacent to an activating group) is 1. The second kappa shape index (κ2) is 41.5. The van der Waals surface area contributed by atoms with Gasteiger partial charge in [-0.15, -0.1) is 0 Å². The van der Waals surface area contributed by atoms with Crippen molar-refractivity contribution in [3.8, 4) is 44.5 Å². The number of nitrogens with one attached hydrogen (secondary N) is 8. The first kappa shape index (κ1) is 91.9. The Morgan fingerprint density at radius 3 is 1.14 bits per heavy atom. The SMILES string of the molecule is CN1CCN(c2cncc(-c3ccc4[nH]nc(C(=O)Nc5ccc(N6CCCC6)nc5)c4c3)c2)CC1.CS(=O)(=O)c1ccc(NC(=O)c2n[nH]c3ccc(-c4cncc(CN5CCCCC5)c4)cc23)cn1.O=C(Nc1ccc(N2CCCC2)nc1)c1n[nH]c2ccc(-c3cncc(N4CCOCC4)c3)cc12.O=C(Nc1ccccc1)c1n[nH]c2ccc(-c3cncc(CN4CCC(F)(F)C4)c3)cc12. The summed E-state index contributed by atoms with van der Waals surface area (Å²) < 4.78 is 55.7. The average molecular weight is 1880 g/mol. The molecule has 0 spiro atoms. The molecule has 6 aliphatic heterocycles. The number of piperidine rings is 1. The fourth-order valence-corrected chi connectivity index (χ4v) is 18.6. The molecular weight excluding hydrogens is 1770 g/mol. The lowest BCUT2D eigenvalue weighted by Crippen LogP contribution is -2.44. The highest BCUT2D eigenvalue weighted by Gasteiger charge is 2.38. The summed E-state index contributed by atoms with van der Waals surface area (Å²) in [5, 5.41) is 43.1. The van der Waals surface area contributed by atoms with Gasteiger partial charge in [-0.1, -0.05) is 48.9 Å². The molecule has 0 bridgehead atoms. The number of nitrogens with zero attached hydrogens (tertiary/aromatic N) is 18. The highest BCUT2D eigenvalue weighted by atomic mass is 32.2. The molecule has 22 rings (SSSR count). The number of hydrogen-bond acceptors (Lipinski definition) is 25. The van der Waals surface area contributed by atoms with E-state index in [0.717, 1.165) is 210 Å². The number of hydrogen-bond donors (Lipinski definition) is 8. The number of alkyl halides is 2. The molecule has 6 aliphatic rings. The van der Waals surface area contributed by atoms with E-state index in [9.17, 15) is 36.4 Å². The van der Waals surface area contributed by atoms with Gasteiger partial charge < -0.3 is 50.5 Å². The van der Waals surface area contributed by atoms with Crippen LogP contribution >= 0.6 is 0 Å². The summed E-state index contributed by atoms with van der Waals surface area (Å²) in [6.07, 6.45) is 29.0. The van der Waals surface area contributed by atoms with E-state index < -0.39 is 21.7 Å². The third-order valence-electron chi connectivity index (χ3n) is 25.5. The van der Waals surface area contributed by atoms with E-state index in [0.29, 0.717) is 63.7 Å². The first-order valence-corrected chi connectivity index (χ1v) is 48.3. The molecule has 6 fully saturated rings. The van der Waals surface area contributed by atoms with Crippen molar-refractivity contribution in [3.63, 3.8) is 0 Å². The lowest BCUT2D eigenvalue weighted by molar-refractivity contribution is 0.0114. The number of amides is 4. The van der Waals surface area contributed by atoms with Crippen molar-refractivity contribution in [1.82, 2.24) is 90.4 Å². The minimum absolute atomic E-state index is 0.0542. The second-order valence-electron chi connectivity index (χ2n) is 35.4. The van der Waals surface area contributed by atoms with Gasteiger partial charge in [-0.25, -0.2) is 32.2 Å². The number of aromatic nitrogens is 15. The molecule has 6 saturated heterocycles. The second-order valence-corrected chi connectivity index (χ2v) is 37.4. The Balaban J connectivity index is 0.000000118. The Morgan fingerprint density at radius 2 is 0.754 bits per heavy atom. The van der Waals surface area contributed by atoms with Crippen molar-refractivity contribution in [2.45, 2.75) is 75.4 Å². The van der Waals surface area contributed by atoms with Crippen LogP contribution in [-0.2, 0) is 27.7 Å². The van der Waals surface area contributed by atoms with E-state index in [-0.39, 0.29) is 41.4 Å². The number of likely N-dealkylation sites (tertiary alicyclic amines) is 2. The van der Waals surface area contributed by atoms with E-state index >= 15 is 0 Å². The molecule has 0 unspecified atom stereocenters. The van der Waals surface area contributed by atoms with Crippen LogP contribution in [0, 0.1) is 0 Å². The van der Waals surface area contributed by atoms with E-state index in [1.807, 2.05) is 171 Å². The van der Waals surface area contributed by atoms with E-state index in [1.165, 1.54) is 68.8 Å². The van der Waals surface area contributed by atoms with Crippen molar-refractivity contribution >= 4 is 123 Å². The maximum Gasteiger partial charge on any atom is 0.276 e. The molecule has 704 valence electrons. The van der Waals surface area contributed by atoms with Crippen LogP contribution in [0.15, 0.2) is 237 Å². The van der Waals surface area contributed by atoms with Crippen molar-refractivity contribution < 1.29 is 41.1 Å². The standard InChI is InChI=1S/C27H30N8O.C26H27N7O2.C25H26N6O3S.C24H21F2N5O/c1-33-10-12-34(13-11-33)22-14-20(16-28-18-22)19-4-6-24-23(15-19)26(32-31-24)27(36)30-21-5-7-25(29-17-21)35-8-2-3-9-35;34-26(29-20-4-6-24(28-16-20)33-7-1-2-8-33)25-22-14-18(3-5-23(22)30-31-25)19-13-21(17-27-15-19)32-9-11-35-12-10-32;1-35(33,34)23-8-6-20(15-27-23)28-25(32)24-21-12-18(5-7-22(21)29-30-24)19-11-17(13-26-14-19)16-31-9-3-2-4-10-31;25-24(26)8-9-31(15-24)14-16-10-18(13-27-12-16)17-6-7-21-20(11-17)22(30-29-21)23(32)28-19-4-2-1-3-5-19/h4-7,14-18H,2-3,8-13H2,1H3,(H,30,36)(H,31,32);3-6,13-17H,1-2,7-12H2,(H,29,34)(H,30,31);5-8,11-15H,2-4,9-10,16H2,1H3,(H,28,32)(H,29,30);1-7,10-13H,8-9,14-15H2,(H,28,32)(H,29,30). The Labute approximate surface area is 794 Å². The summed E-state index contributed by atoms with van der Waals surface area (Å²) in [6, 6.07) is 51.6. The summed E-state index contributed by atoms with van der Waals surface area (Å²) in [6.45, 7) is 15.0. The van der Waals surface area contributed by atoms with Crippen molar-refractivity contribution in [2.24, 2.45) is 0 Å². The number of H-pyrrole nitrogens is 4. The molecule has 11 aromatic heterocycles. The number of piperazine rings is 1. The number of halogens is 2. The fourth-order valence-electron chi connectivity index (χ4n) is 18.1. The first-order chi connectivity index (χ1) is 67.2. The summed E-state index contributed by atoms with van der Waals surface area (Å²) in [5.74, 6) is -1.98. The smallest absolute Gasteiger partial charge is 0.276 e. The Morgan fingerprint density at radius 1 is 0.370 bits per heavy atom. The van der Waals surface area contributed by atoms with E-state index in [4.69, 9.17) is 4.74 Å². The third kappa shape index (κ3) is 22.1. The number of para-hydroxylation sites is 1. The van der Waals surface area contributed by atoms with Crippen molar-refractivity contribution in [1.29, 1.82) is 0 Å². The number of aromatic amines is 4. The number of sulfone groups is 1. The van der Waals surface area contributed by atoms with Gasteiger partial charge in [0.15, 0.2) is 37.6 Å². The number of carbonyl (C=O) groups excluding carboxylic acids is 4. The predicted molar refractivity (Wildman–Crippen MR) is 531 cm³/mol. The van der Waals surface area contributed by atoms with Gasteiger partial charge in [0, 0.05) is 184 Å². The van der Waals surface area contributed by atoms with E-state index in [2.05, 4.69) is 152 Å². The molecule has 4 amide bonds. The van der Waals surface area contributed by atoms with E-state index in [1.54, 1.807) is 29.7 Å². The maximum absolute atomic E-state index is 13.5. The average Bonchev–Trinajstić information content (AvgIpc) is 1.66. The van der Waals surface area contributed by atoms with Crippen LogP contribution in [0.25, 0.3) is 88.1 Å². The molecule has 17 heterocycles. The molecule has 0 saturated carbocycles. The number of ether oxygens (including phenoxy) is 1. The number of pyridine rings is 7. The highest BCUT2D eigenvalue weighted by molar-refractivity contribution is 7.90. The van der Waals surface area contributed by atoms with Gasteiger partial charge >= 0.3 is 0 Å². The summed E-state index contributed by atoms with van der Waals surface area (Å²) >= 11 is 0. The van der Waals surface area contributed by atoms with Crippen LogP contribution in [0.3, 0.4) is 0 Å². The van der Waals surface area contributed by atoms with Crippen LogP contribution in [-0.4, -0.2) is 246 Å². The number of carbonyl (C=O) groups is 4. The molecule has 138 heavy (non-hydrogen) atoms. The monoisotopic (exact) mass is 1870 g/mol. The Bertz CT molecular complexity index is 7160. The zero-order valence-corrected chi connectivity index (χ0v) is 77.2. The normalized spacial score (nSPS) is 15.8. The van der Waals surface area contributed by atoms with Gasteiger partial charge in [0.2, 0.25) is 0 Å². The highest BCUT2D eigenvalue weighted by Crippen LogP contribution is 2.36. The predicted octanol–water partition coefficient (Wildman–Crippen LogP) is 15.7. The summed E-state index contributed by atoms with van der Waals surface area (Å²) in [4.78, 5) is 98.3. The first-order valence-electron chi connectivity index (χ1n) is 46.4. The Kier molecular flexibility index (Phi) is 27.6. The zero-order valence-electron chi connectivity index (χ0n) is 76.4.